The largest absolute Gasteiger partial charge is 0.357 e. The number of carbonyl (C=O) groups is 1. The summed E-state index contributed by atoms with van der Waals surface area (Å²) in [6, 6.07) is 8.88. The Morgan fingerprint density at radius 1 is 0.969 bits per heavy atom. The van der Waals surface area contributed by atoms with Gasteiger partial charge in [-0.2, -0.15) is 0 Å². The summed E-state index contributed by atoms with van der Waals surface area (Å²) in [7, 11) is 0. The van der Waals surface area contributed by atoms with E-state index in [1.807, 2.05) is 4.90 Å². The third-order valence-corrected chi connectivity index (χ3v) is 6.17. The molecule has 8 heteroatoms. The first-order valence-corrected chi connectivity index (χ1v) is 12.0. The first kappa shape index (κ1) is 26.9. The molecule has 7 nitrogen and oxygen atoms in total. The van der Waals surface area contributed by atoms with E-state index in [1.54, 1.807) is 0 Å². The van der Waals surface area contributed by atoms with E-state index in [0.29, 0.717) is 18.9 Å². The highest BCUT2D eigenvalue weighted by Crippen LogP contribution is 2.11. The molecule has 32 heavy (non-hydrogen) atoms. The number of rotatable bonds is 10. The lowest BCUT2D eigenvalue weighted by Crippen LogP contribution is -2.45. The van der Waals surface area contributed by atoms with Gasteiger partial charge in [-0.1, -0.05) is 31.2 Å². The van der Waals surface area contributed by atoms with Crippen molar-refractivity contribution in [3.63, 3.8) is 0 Å². The second-order valence-electron chi connectivity index (χ2n) is 8.49. The molecule has 1 aromatic carbocycles. The zero-order valence-corrected chi connectivity index (χ0v) is 22.1. The molecule has 1 aromatic rings. The lowest BCUT2D eigenvalue weighted by atomic mass is 10.1. The molecule has 2 aliphatic rings. The second-order valence-corrected chi connectivity index (χ2v) is 8.49. The van der Waals surface area contributed by atoms with Crippen LogP contribution in [0.2, 0.25) is 0 Å². The van der Waals surface area contributed by atoms with Crippen LogP contribution in [0.1, 0.15) is 44.2 Å². The van der Waals surface area contributed by atoms with Crippen molar-refractivity contribution in [2.75, 3.05) is 58.9 Å². The molecule has 0 spiro atoms. The van der Waals surface area contributed by atoms with E-state index in [4.69, 9.17) is 4.99 Å². The van der Waals surface area contributed by atoms with Gasteiger partial charge in [0.2, 0.25) is 5.91 Å². The van der Waals surface area contributed by atoms with Crippen molar-refractivity contribution in [2.24, 2.45) is 4.99 Å². The third kappa shape index (κ3) is 8.86. The summed E-state index contributed by atoms with van der Waals surface area (Å²) >= 11 is 0. The fourth-order valence-corrected chi connectivity index (χ4v) is 4.20. The van der Waals surface area contributed by atoms with Gasteiger partial charge in [0.15, 0.2) is 5.96 Å². The number of halogens is 1. The van der Waals surface area contributed by atoms with Gasteiger partial charge >= 0.3 is 0 Å². The van der Waals surface area contributed by atoms with Crippen molar-refractivity contribution in [3.05, 3.63) is 35.4 Å². The lowest BCUT2D eigenvalue weighted by molar-refractivity contribution is -0.127. The van der Waals surface area contributed by atoms with Crippen LogP contribution in [0, 0.1) is 0 Å². The molecular formula is C24H41IN6O. The molecule has 0 unspecified atom stereocenters. The zero-order valence-electron chi connectivity index (χ0n) is 19.8. The number of hydrogen-bond donors (Lipinski definition) is 2. The van der Waals surface area contributed by atoms with Gasteiger partial charge in [0.1, 0.15) is 0 Å². The number of aliphatic imine (C=N–C) groups is 1. The number of hydrogen-bond acceptors (Lipinski definition) is 4. The number of benzene rings is 1. The predicted molar refractivity (Wildman–Crippen MR) is 142 cm³/mol. The molecule has 0 radical (unpaired) electrons. The van der Waals surface area contributed by atoms with Crippen molar-refractivity contribution in [1.29, 1.82) is 0 Å². The average molecular weight is 557 g/mol. The average Bonchev–Trinajstić information content (AvgIpc) is 3.21. The minimum absolute atomic E-state index is 0. The molecule has 2 fully saturated rings. The predicted octanol–water partition coefficient (Wildman–Crippen LogP) is 2.51. The summed E-state index contributed by atoms with van der Waals surface area (Å²) in [5, 5.41) is 6.71. The van der Waals surface area contributed by atoms with Crippen molar-refractivity contribution < 1.29 is 4.79 Å². The summed E-state index contributed by atoms with van der Waals surface area (Å²) in [4.78, 5) is 23.4. The van der Waals surface area contributed by atoms with Gasteiger partial charge < -0.3 is 20.4 Å². The first-order chi connectivity index (χ1) is 15.2. The van der Waals surface area contributed by atoms with Crippen LogP contribution in [-0.4, -0.2) is 85.5 Å². The van der Waals surface area contributed by atoms with Crippen LogP contribution in [-0.2, 0) is 17.9 Å². The number of likely N-dealkylation sites (tertiary alicyclic amines) is 1. The van der Waals surface area contributed by atoms with Crippen LogP contribution in [0.3, 0.4) is 0 Å². The van der Waals surface area contributed by atoms with Crippen LogP contribution in [0.5, 0.6) is 0 Å². The third-order valence-electron chi connectivity index (χ3n) is 6.17. The van der Waals surface area contributed by atoms with Gasteiger partial charge in [-0.25, -0.2) is 4.99 Å². The molecular weight excluding hydrogens is 515 g/mol. The van der Waals surface area contributed by atoms with Crippen LogP contribution in [0.15, 0.2) is 29.3 Å². The van der Waals surface area contributed by atoms with Crippen molar-refractivity contribution in [1.82, 2.24) is 25.3 Å². The van der Waals surface area contributed by atoms with E-state index in [0.717, 1.165) is 71.2 Å². The quantitative estimate of drug-likeness (QED) is 0.201. The number of carbonyl (C=O) groups excluding carboxylic acids is 1. The molecule has 3 rings (SSSR count). The van der Waals surface area contributed by atoms with Crippen LogP contribution < -0.4 is 10.6 Å². The minimum Gasteiger partial charge on any atom is -0.357 e. The number of nitrogens with one attached hydrogen (secondary N) is 2. The highest BCUT2D eigenvalue weighted by atomic mass is 127. The Morgan fingerprint density at radius 3 is 2.28 bits per heavy atom. The second kappa shape index (κ2) is 14.7. The number of amides is 1. The summed E-state index contributed by atoms with van der Waals surface area (Å²) in [6.07, 6.45) is 2.66. The molecule has 2 aliphatic heterocycles. The molecule has 0 aromatic heterocycles. The molecule has 0 aliphatic carbocycles. The molecule has 180 valence electrons. The van der Waals surface area contributed by atoms with E-state index in [1.165, 1.54) is 24.2 Å². The molecule has 1 amide bonds. The molecule has 0 bridgehead atoms. The molecule has 0 atom stereocenters. The Bertz CT molecular complexity index is 703. The lowest BCUT2D eigenvalue weighted by Gasteiger charge is -2.34. The topological polar surface area (TPSA) is 63.2 Å². The first-order valence-electron chi connectivity index (χ1n) is 12.0. The van der Waals surface area contributed by atoms with E-state index in [9.17, 15) is 4.79 Å². The molecule has 2 heterocycles. The van der Waals surface area contributed by atoms with E-state index < -0.39 is 0 Å². The Kier molecular flexibility index (Phi) is 12.3. The fourth-order valence-electron chi connectivity index (χ4n) is 4.20. The number of likely N-dealkylation sites (N-methyl/N-ethyl adjacent to an activating group) is 1. The van der Waals surface area contributed by atoms with Gasteiger partial charge in [-0.05, 0) is 37.4 Å². The van der Waals surface area contributed by atoms with Gasteiger partial charge in [0, 0.05) is 65.3 Å². The summed E-state index contributed by atoms with van der Waals surface area (Å²) in [5.74, 6) is 1.14. The van der Waals surface area contributed by atoms with Crippen molar-refractivity contribution in [3.8, 4) is 0 Å². The van der Waals surface area contributed by atoms with E-state index in [-0.39, 0.29) is 24.0 Å². The Balaban J connectivity index is 0.00000363. The molecule has 2 N–H and O–H groups in total. The zero-order chi connectivity index (χ0) is 21.9. The highest BCUT2D eigenvalue weighted by molar-refractivity contribution is 14.0. The molecule has 2 saturated heterocycles. The Hall–Kier alpha value is -1.39. The normalized spacial score (nSPS) is 18.0. The minimum atomic E-state index is 0. The van der Waals surface area contributed by atoms with Crippen LogP contribution >= 0.6 is 24.0 Å². The highest BCUT2D eigenvalue weighted by Gasteiger charge is 2.19. The maximum absolute atomic E-state index is 11.7. The fraction of sp³-hybridized carbons (Fsp3) is 0.667. The SMILES string of the molecule is CCNC(=NCc1ccc(CN2CCN(CC)CC2)cc1)NCCCN1CCCC1=O.I. The van der Waals surface area contributed by atoms with E-state index >= 15 is 0 Å². The van der Waals surface area contributed by atoms with Crippen LogP contribution in [0.25, 0.3) is 0 Å². The monoisotopic (exact) mass is 556 g/mol. The van der Waals surface area contributed by atoms with E-state index in [2.05, 4.69) is 58.5 Å². The maximum atomic E-state index is 11.7. The number of nitrogens with zero attached hydrogens (tertiary/aromatic N) is 4. The maximum Gasteiger partial charge on any atom is 0.222 e. The number of piperazine rings is 1. The van der Waals surface area contributed by atoms with Crippen LogP contribution in [0.4, 0.5) is 0 Å². The van der Waals surface area contributed by atoms with Crippen molar-refractivity contribution >= 4 is 35.8 Å². The van der Waals surface area contributed by atoms with Gasteiger partial charge in [-0.3, -0.25) is 9.69 Å². The van der Waals surface area contributed by atoms with Gasteiger partial charge in [-0.15, -0.1) is 24.0 Å². The molecule has 0 saturated carbocycles. The van der Waals surface area contributed by atoms with Gasteiger partial charge in [0.25, 0.3) is 0 Å². The van der Waals surface area contributed by atoms with Gasteiger partial charge in [0.05, 0.1) is 6.54 Å². The smallest absolute Gasteiger partial charge is 0.222 e. The summed E-state index contributed by atoms with van der Waals surface area (Å²) in [6.45, 7) is 15.2. The Morgan fingerprint density at radius 2 is 1.66 bits per heavy atom. The summed E-state index contributed by atoms with van der Waals surface area (Å²) in [5.41, 5.74) is 2.60. The standard InChI is InChI=1S/C24H40N6O.HI/c1-3-25-24(26-12-6-14-30-13-5-7-23(30)31)27-19-21-8-10-22(11-9-21)20-29-17-15-28(4-2)16-18-29;/h8-11H,3-7,12-20H2,1-2H3,(H2,25,26,27);1H. The van der Waals surface area contributed by atoms with Crippen molar-refractivity contribution in [2.45, 2.75) is 46.2 Å². The number of guanidine groups is 1. The Labute approximate surface area is 211 Å². The summed E-state index contributed by atoms with van der Waals surface area (Å²) < 4.78 is 0.